The van der Waals surface area contributed by atoms with Gasteiger partial charge >= 0.3 is 0 Å². The summed E-state index contributed by atoms with van der Waals surface area (Å²) in [7, 11) is 3.15. The van der Waals surface area contributed by atoms with Crippen LogP contribution in [0.3, 0.4) is 0 Å². The van der Waals surface area contributed by atoms with Crippen LogP contribution in [-0.2, 0) is 9.53 Å². The molecule has 0 atom stereocenters. The Morgan fingerprint density at radius 2 is 2.00 bits per heavy atom. The molecule has 0 heterocycles. The van der Waals surface area contributed by atoms with Crippen molar-refractivity contribution in [2.45, 2.75) is 13.3 Å². The van der Waals surface area contributed by atoms with E-state index in [2.05, 4.69) is 5.32 Å². The van der Waals surface area contributed by atoms with Crippen LogP contribution in [0.2, 0.25) is 0 Å². The molecule has 19 heavy (non-hydrogen) atoms. The number of carbonyl (C=O) groups is 2. The number of aryl methyl sites for hydroxylation is 1. The van der Waals surface area contributed by atoms with Crippen molar-refractivity contribution in [3.63, 3.8) is 0 Å². The van der Waals surface area contributed by atoms with Gasteiger partial charge in [-0.3, -0.25) is 9.59 Å². The molecule has 1 rings (SSSR count). The predicted octanol–water partition coefficient (Wildman–Crippen LogP) is 1.34. The number of methoxy groups -OCH3 is 2. The van der Waals surface area contributed by atoms with Gasteiger partial charge in [-0.25, -0.2) is 0 Å². The maximum atomic E-state index is 11.9. The quantitative estimate of drug-likeness (QED) is 0.459. The molecule has 5 heteroatoms. The number of carbonyl (C=O) groups excluding carboxylic acids is 2. The second-order valence-corrected chi connectivity index (χ2v) is 4.12. The molecule has 5 nitrogen and oxygen atoms in total. The van der Waals surface area contributed by atoms with Gasteiger partial charge in [-0.05, 0) is 37.1 Å². The molecule has 1 N–H and O–H groups in total. The van der Waals surface area contributed by atoms with Crippen molar-refractivity contribution < 1.29 is 19.1 Å². The zero-order chi connectivity index (χ0) is 14.3. The maximum absolute atomic E-state index is 11.9. The molecule has 0 bridgehead atoms. The summed E-state index contributed by atoms with van der Waals surface area (Å²) < 4.78 is 9.97. The van der Waals surface area contributed by atoms with Gasteiger partial charge in [0.1, 0.15) is 5.75 Å². The Hall–Kier alpha value is -1.88. The number of nitrogens with one attached hydrogen (secondary N) is 1. The van der Waals surface area contributed by atoms with Gasteiger partial charge in [-0.2, -0.15) is 0 Å². The molecule has 1 amide bonds. The molecule has 0 aliphatic rings. The SMILES string of the molecule is COCCCNC(=O)C(=O)c1ccc(OC)c(C)c1. The van der Waals surface area contributed by atoms with Gasteiger partial charge in [0.2, 0.25) is 5.78 Å². The van der Waals surface area contributed by atoms with Gasteiger partial charge in [0.15, 0.2) is 0 Å². The van der Waals surface area contributed by atoms with Crippen LogP contribution in [0.15, 0.2) is 18.2 Å². The molecule has 0 aromatic heterocycles. The second-order valence-electron chi connectivity index (χ2n) is 4.12. The average Bonchev–Trinajstić information content (AvgIpc) is 2.42. The Morgan fingerprint density at radius 3 is 2.58 bits per heavy atom. The summed E-state index contributed by atoms with van der Waals surface area (Å²) >= 11 is 0. The van der Waals surface area contributed by atoms with Crippen LogP contribution in [0.25, 0.3) is 0 Å². The standard InChI is InChI=1S/C14H19NO4/c1-10-9-11(5-6-12(10)19-3)13(16)14(17)15-7-4-8-18-2/h5-6,9H,4,7-8H2,1-3H3,(H,15,17). The van der Waals surface area contributed by atoms with Crippen molar-refractivity contribution in [1.82, 2.24) is 5.32 Å². The minimum atomic E-state index is -0.597. The Morgan fingerprint density at radius 1 is 1.26 bits per heavy atom. The summed E-state index contributed by atoms with van der Waals surface area (Å²) in [5, 5.41) is 2.56. The lowest BCUT2D eigenvalue weighted by atomic mass is 10.1. The molecule has 1 aromatic rings. The van der Waals surface area contributed by atoms with Crippen molar-refractivity contribution in [2.24, 2.45) is 0 Å². The van der Waals surface area contributed by atoms with Crippen molar-refractivity contribution in [3.8, 4) is 5.75 Å². The van der Waals surface area contributed by atoms with Crippen LogP contribution in [-0.4, -0.2) is 39.1 Å². The maximum Gasteiger partial charge on any atom is 0.292 e. The lowest BCUT2D eigenvalue weighted by molar-refractivity contribution is -0.117. The van der Waals surface area contributed by atoms with Crippen LogP contribution < -0.4 is 10.1 Å². The molecule has 0 unspecified atom stereocenters. The number of benzene rings is 1. The smallest absolute Gasteiger partial charge is 0.292 e. The predicted molar refractivity (Wildman–Crippen MR) is 71.6 cm³/mol. The Balaban J connectivity index is 2.61. The first-order valence-electron chi connectivity index (χ1n) is 6.06. The monoisotopic (exact) mass is 265 g/mol. The van der Waals surface area contributed by atoms with Crippen molar-refractivity contribution in [2.75, 3.05) is 27.4 Å². The lowest BCUT2D eigenvalue weighted by Gasteiger charge is -2.07. The number of ether oxygens (including phenoxy) is 2. The number of ketones is 1. The fraction of sp³-hybridized carbons (Fsp3) is 0.429. The van der Waals surface area contributed by atoms with E-state index in [0.717, 1.165) is 5.56 Å². The topological polar surface area (TPSA) is 64.6 Å². The minimum Gasteiger partial charge on any atom is -0.496 e. The largest absolute Gasteiger partial charge is 0.496 e. The molecule has 0 aliphatic heterocycles. The summed E-state index contributed by atoms with van der Waals surface area (Å²) in [6.45, 7) is 2.80. The van der Waals surface area contributed by atoms with Crippen LogP contribution in [0, 0.1) is 6.92 Å². The van der Waals surface area contributed by atoms with Crippen molar-refractivity contribution in [3.05, 3.63) is 29.3 Å². The highest BCUT2D eigenvalue weighted by atomic mass is 16.5. The summed E-state index contributed by atoms with van der Waals surface area (Å²) in [4.78, 5) is 23.5. The summed E-state index contributed by atoms with van der Waals surface area (Å²) in [5.41, 5.74) is 1.18. The number of rotatable bonds is 7. The zero-order valence-corrected chi connectivity index (χ0v) is 11.5. The third-order valence-electron chi connectivity index (χ3n) is 2.67. The first-order chi connectivity index (χ1) is 9.10. The molecule has 0 spiro atoms. The van der Waals surface area contributed by atoms with Gasteiger partial charge in [0.25, 0.3) is 5.91 Å². The van der Waals surface area contributed by atoms with Crippen LogP contribution in [0.4, 0.5) is 0 Å². The van der Waals surface area contributed by atoms with E-state index < -0.39 is 11.7 Å². The third kappa shape index (κ3) is 4.37. The molecule has 0 radical (unpaired) electrons. The van der Waals surface area contributed by atoms with Crippen molar-refractivity contribution >= 4 is 11.7 Å². The number of hydrogen-bond acceptors (Lipinski definition) is 4. The number of amides is 1. The fourth-order valence-electron chi connectivity index (χ4n) is 1.65. The second kappa shape index (κ2) is 7.53. The molecule has 104 valence electrons. The molecular formula is C14H19NO4. The molecule has 0 saturated heterocycles. The first kappa shape index (κ1) is 15.2. The van der Waals surface area contributed by atoms with Gasteiger partial charge in [0.05, 0.1) is 7.11 Å². The minimum absolute atomic E-state index is 0.363. The van der Waals surface area contributed by atoms with E-state index in [1.54, 1.807) is 32.4 Å². The van der Waals surface area contributed by atoms with Crippen molar-refractivity contribution in [1.29, 1.82) is 0 Å². The summed E-state index contributed by atoms with van der Waals surface area (Å²) in [5.74, 6) is -0.444. The van der Waals surface area contributed by atoms with Gasteiger partial charge < -0.3 is 14.8 Å². The zero-order valence-electron chi connectivity index (χ0n) is 11.5. The fourth-order valence-corrected chi connectivity index (χ4v) is 1.65. The van der Waals surface area contributed by atoms with E-state index in [0.29, 0.717) is 30.9 Å². The Kier molecular flexibility index (Phi) is 6.02. The molecular weight excluding hydrogens is 246 g/mol. The summed E-state index contributed by atoms with van der Waals surface area (Å²) in [6, 6.07) is 4.92. The normalized spacial score (nSPS) is 10.1. The van der Waals surface area contributed by atoms with E-state index in [9.17, 15) is 9.59 Å². The summed E-state index contributed by atoms with van der Waals surface area (Å²) in [6.07, 6.45) is 0.678. The van der Waals surface area contributed by atoms with E-state index >= 15 is 0 Å². The van der Waals surface area contributed by atoms with Crippen LogP contribution >= 0.6 is 0 Å². The first-order valence-corrected chi connectivity index (χ1v) is 6.06. The van der Waals surface area contributed by atoms with E-state index in [1.807, 2.05) is 6.92 Å². The Bertz CT molecular complexity index is 457. The van der Waals surface area contributed by atoms with E-state index in [1.165, 1.54) is 0 Å². The molecule has 0 fully saturated rings. The molecule has 1 aromatic carbocycles. The highest BCUT2D eigenvalue weighted by molar-refractivity contribution is 6.42. The van der Waals surface area contributed by atoms with Gasteiger partial charge in [0, 0.05) is 25.8 Å². The number of Topliss-reactive ketones (excluding diaryl/α,β-unsaturated/α-hetero) is 1. The molecule has 0 saturated carbocycles. The Labute approximate surface area is 112 Å². The third-order valence-corrected chi connectivity index (χ3v) is 2.67. The average molecular weight is 265 g/mol. The van der Waals surface area contributed by atoms with Crippen LogP contribution in [0.1, 0.15) is 22.3 Å². The van der Waals surface area contributed by atoms with E-state index in [-0.39, 0.29) is 0 Å². The van der Waals surface area contributed by atoms with Gasteiger partial charge in [-0.1, -0.05) is 0 Å². The highest BCUT2D eigenvalue weighted by Crippen LogP contribution is 2.18. The van der Waals surface area contributed by atoms with Gasteiger partial charge in [-0.15, -0.1) is 0 Å². The molecule has 0 aliphatic carbocycles. The van der Waals surface area contributed by atoms with E-state index in [4.69, 9.17) is 9.47 Å². The van der Waals surface area contributed by atoms with Crippen LogP contribution in [0.5, 0.6) is 5.75 Å². The number of hydrogen-bond donors (Lipinski definition) is 1. The highest BCUT2D eigenvalue weighted by Gasteiger charge is 2.16. The lowest BCUT2D eigenvalue weighted by Crippen LogP contribution is -2.32.